The summed E-state index contributed by atoms with van der Waals surface area (Å²) in [6.07, 6.45) is 0. The van der Waals surface area contributed by atoms with Gasteiger partial charge in [0.15, 0.2) is 0 Å². The van der Waals surface area contributed by atoms with Crippen LogP contribution in [-0.2, 0) is 0 Å². The molecule has 9 heteroatoms. The van der Waals surface area contributed by atoms with Crippen molar-refractivity contribution in [2.45, 2.75) is 13.8 Å². The molecule has 0 unspecified atom stereocenters. The number of nitro benzene ring substituents is 2. The van der Waals surface area contributed by atoms with Crippen molar-refractivity contribution in [1.29, 1.82) is 0 Å². The van der Waals surface area contributed by atoms with Crippen LogP contribution in [0.15, 0.2) is 47.6 Å². The molecule has 2 aromatic rings. The van der Waals surface area contributed by atoms with E-state index in [-0.39, 0.29) is 16.9 Å². The molecule has 0 spiro atoms. The zero-order valence-corrected chi connectivity index (χ0v) is 13.4. The Morgan fingerprint density at radius 2 is 1.60 bits per heavy atom. The molecular weight excluding hydrogens is 328 g/mol. The summed E-state index contributed by atoms with van der Waals surface area (Å²) in [5.41, 5.74) is 3.71. The Morgan fingerprint density at radius 3 is 2.16 bits per heavy atom. The summed E-state index contributed by atoms with van der Waals surface area (Å²) in [4.78, 5) is 32.6. The molecule has 25 heavy (non-hydrogen) atoms. The predicted octanol–water partition coefficient (Wildman–Crippen LogP) is 2.97. The molecular formula is C16H14N4O5. The minimum atomic E-state index is -0.593. The highest BCUT2D eigenvalue weighted by Crippen LogP contribution is 2.19. The molecule has 0 saturated heterocycles. The predicted molar refractivity (Wildman–Crippen MR) is 90.6 cm³/mol. The van der Waals surface area contributed by atoms with Crippen LogP contribution in [0.3, 0.4) is 0 Å². The van der Waals surface area contributed by atoms with E-state index >= 15 is 0 Å². The zero-order chi connectivity index (χ0) is 18.6. The van der Waals surface area contributed by atoms with Crippen molar-refractivity contribution in [2.24, 2.45) is 5.10 Å². The highest BCUT2D eigenvalue weighted by Gasteiger charge is 2.15. The largest absolute Gasteiger partial charge is 0.273 e. The minimum Gasteiger partial charge on any atom is -0.267 e. The Hall–Kier alpha value is -3.62. The lowest BCUT2D eigenvalue weighted by atomic mass is 10.1. The Balaban J connectivity index is 2.15. The second kappa shape index (κ2) is 7.30. The molecule has 128 valence electrons. The van der Waals surface area contributed by atoms with Crippen LogP contribution in [0, 0.1) is 27.2 Å². The third-order valence-electron chi connectivity index (χ3n) is 3.49. The molecule has 0 aliphatic heterocycles. The van der Waals surface area contributed by atoms with Crippen LogP contribution in [-0.4, -0.2) is 21.5 Å². The number of hydrazone groups is 1. The van der Waals surface area contributed by atoms with E-state index in [1.54, 1.807) is 13.8 Å². The lowest BCUT2D eigenvalue weighted by molar-refractivity contribution is -0.385. The summed E-state index contributed by atoms with van der Waals surface area (Å²) in [6.45, 7) is 3.20. The number of nitrogens with zero attached hydrogens (tertiary/aromatic N) is 3. The molecule has 2 aromatic carbocycles. The number of benzene rings is 2. The zero-order valence-electron chi connectivity index (χ0n) is 13.4. The van der Waals surface area contributed by atoms with Crippen LogP contribution < -0.4 is 5.43 Å². The number of non-ortho nitro benzene ring substituents is 1. The summed E-state index contributed by atoms with van der Waals surface area (Å²) in [5, 5.41) is 25.5. The third-order valence-corrected chi connectivity index (χ3v) is 3.49. The van der Waals surface area contributed by atoms with Gasteiger partial charge >= 0.3 is 0 Å². The van der Waals surface area contributed by atoms with Crippen molar-refractivity contribution in [3.8, 4) is 0 Å². The fraction of sp³-hybridized carbons (Fsp3) is 0.125. The molecule has 9 nitrogen and oxygen atoms in total. The van der Waals surface area contributed by atoms with Crippen LogP contribution in [0.2, 0.25) is 0 Å². The molecule has 0 aromatic heterocycles. The van der Waals surface area contributed by atoms with Crippen molar-refractivity contribution in [3.63, 3.8) is 0 Å². The second-order valence-corrected chi connectivity index (χ2v) is 5.20. The van der Waals surface area contributed by atoms with Crippen LogP contribution in [0.25, 0.3) is 0 Å². The van der Waals surface area contributed by atoms with E-state index in [9.17, 15) is 25.0 Å². The van der Waals surface area contributed by atoms with E-state index in [1.807, 2.05) is 0 Å². The molecule has 2 rings (SSSR count). The summed E-state index contributed by atoms with van der Waals surface area (Å²) in [5.74, 6) is -0.593. The van der Waals surface area contributed by atoms with Gasteiger partial charge in [-0.05, 0) is 37.6 Å². The summed E-state index contributed by atoms with van der Waals surface area (Å²) in [7, 11) is 0. The minimum absolute atomic E-state index is 0.0486. The highest BCUT2D eigenvalue weighted by atomic mass is 16.6. The number of rotatable bonds is 5. The van der Waals surface area contributed by atoms with E-state index in [2.05, 4.69) is 10.5 Å². The van der Waals surface area contributed by atoms with E-state index < -0.39 is 15.8 Å². The normalized spacial score (nSPS) is 11.0. The van der Waals surface area contributed by atoms with Gasteiger partial charge in [-0.15, -0.1) is 0 Å². The first-order chi connectivity index (χ1) is 11.8. The van der Waals surface area contributed by atoms with Crippen molar-refractivity contribution in [2.75, 3.05) is 0 Å². The van der Waals surface area contributed by atoms with Gasteiger partial charge in [-0.2, -0.15) is 5.10 Å². The maximum atomic E-state index is 12.1. The number of amides is 1. The van der Waals surface area contributed by atoms with Gasteiger partial charge in [0.25, 0.3) is 17.3 Å². The van der Waals surface area contributed by atoms with Gasteiger partial charge in [-0.3, -0.25) is 25.0 Å². The molecule has 0 aliphatic rings. The smallest absolute Gasteiger partial charge is 0.267 e. The van der Waals surface area contributed by atoms with Crippen molar-refractivity contribution in [1.82, 2.24) is 5.43 Å². The first-order valence-corrected chi connectivity index (χ1v) is 7.14. The molecule has 0 heterocycles. The number of carbonyl (C=O) groups excluding carboxylic acids is 1. The number of nitro groups is 2. The monoisotopic (exact) mass is 342 g/mol. The number of hydrogen-bond donors (Lipinski definition) is 1. The lowest BCUT2D eigenvalue weighted by Crippen LogP contribution is -2.19. The Bertz CT molecular complexity index is 875. The van der Waals surface area contributed by atoms with Gasteiger partial charge in [0, 0.05) is 29.3 Å². The van der Waals surface area contributed by atoms with Gasteiger partial charge < -0.3 is 0 Å². The molecule has 1 N–H and O–H groups in total. The van der Waals surface area contributed by atoms with E-state index in [4.69, 9.17) is 0 Å². The third kappa shape index (κ3) is 4.22. The van der Waals surface area contributed by atoms with Crippen LogP contribution in [0.1, 0.15) is 28.4 Å². The van der Waals surface area contributed by atoms with Crippen LogP contribution >= 0.6 is 0 Å². The van der Waals surface area contributed by atoms with Crippen molar-refractivity contribution >= 4 is 23.0 Å². The maximum absolute atomic E-state index is 12.1. The SMILES string of the molecule is C/C(=N/NC(=O)c1ccc(C)c([N+](=O)[O-])c1)c1ccc([N+](=O)[O-])cc1. The van der Waals surface area contributed by atoms with Crippen LogP contribution in [0.4, 0.5) is 11.4 Å². The van der Waals surface area contributed by atoms with E-state index in [1.165, 1.54) is 42.5 Å². The highest BCUT2D eigenvalue weighted by molar-refractivity contribution is 6.01. The Kier molecular flexibility index (Phi) is 5.18. The second-order valence-electron chi connectivity index (χ2n) is 5.20. The molecule has 0 bridgehead atoms. The van der Waals surface area contributed by atoms with E-state index in [0.29, 0.717) is 16.8 Å². The first kappa shape index (κ1) is 17.7. The standard InChI is InChI=1S/C16H14N4O5/c1-10-3-4-13(9-15(10)20(24)25)16(21)18-17-11(2)12-5-7-14(8-6-12)19(22)23/h3-9H,1-2H3,(H,18,21)/b17-11-. The average molecular weight is 342 g/mol. The Morgan fingerprint density at radius 1 is 1.00 bits per heavy atom. The maximum Gasteiger partial charge on any atom is 0.273 e. The van der Waals surface area contributed by atoms with Gasteiger partial charge in [0.1, 0.15) is 0 Å². The lowest BCUT2D eigenvalue weighted by Gasteiger charge is -2.04. The molecule has 1 amide bonds. The summed E-state index contributed by atoms with van der Waals surface area (Å²) >= 11 is 0. The summed E-state index contributed by atoms with van der Waals surface area (Å²) in [6, 6.07) is 9.83. The fourth-order valence-electron chi connectivity index (χ4n) is 2.04. The topological polar surface area (TPSA) is 128 Å². The quantitative estimate of drug-likeness (QED) is 0.507. The van der Waals surface area contributed by atoms with Crippen LogP contribution in [0.5, 0.6) is 0 Å². The van der Waals surface area contributed by atoms with Crippen molar-refractivity contribution < 1.29 is 14.6 Å². The van der Waals surface area contributed by atoms with Gasteiger partial charge in [-0.25, -0.2) is 5.43 Å². The van der Waals surface area contributed by atoms with Gasteiger partial charge in [0.2, 0.25) is 0 Å². The van der Waals surface area contributed by atoms with Crippen molar-refractivity contribution in [3.05, 3.63) is 79.4 Å². The average Bonchev–Trinajstić information content (AvgIpc) is 2.59. The molecule has 0 atom stereocenters. The Labute approximate surface area is 142 Å². The number of aryl methyl sites for hydroxylation is 1. The molecule has 0 aliphatic carbocycles. The molecule has 0 radical (unpaired) electrons. The van der Waals surface area contributed by atoms with Gasteiger partial charge in [0.05, 0.1) is 15.6 Å². The van der Waals surface area contributed by atoms with E-state index in [0.717, 1.165) is 0 Å². The number of hydrogen-bond acceptors (Lipinski definition) is 6. The molecule has 0 fully saturated rings. The number of nitrogens with one attached hydrogen (secondary N) is 1. The fourth-order valence-corrected chi connectivity index (χ4v) is 2.04. The first-order valence-electron chi connectivity index (χ1n) is 7.14. The van der Waals surface area contributed by atoms with Gasteiger partial charge in [-0.1, -0.05) is 6.07 Å². The summed E-state index contributed by atoms with van der Waals surface area (Å²) < 4.78 is 0. The molecule has 0 saturated carbocycles. The number of carbonyl (C=O) groups is 1.